The maximum Gasteiger partial charge on any atom is 0.261 e. The number of hydrogen-bond donors (Lipinski definition) is 0. The van der Waals surface area contributed by atoms with Crippen molar-refractivity contribution in [2.75, 3.05) is 33.4 Å². The minimum Gasteiger partial charge on any atom is -0.496 e. The fraction of sp³-hybridized carbons (Fsp3) is 0.381. The molecule has 2 aliphatic heterocycles. The molecule has 0 atom stereocenters. The fourth-order valence-electron chi connectivity index (χ4n) is 3.61. The Bertz CT molecular complexity index is 893. The number of pyridine rings is 1. The average molecular weight is 381 g/mol. The summed E-state index contributed by atoms with van der Waals surface area (Å²) in [6.45, 7) is 1.75. The van der Waals surface area contributed by atoms with Crippen molar-refractivity contribution in [1.82, 2.24) is 14.8 Å². The summed E-state index contributed by atoms with van der Waals surface area (Å²) in [7, 11) is 1.62. The number of aromatic nitrogens is 1. The van der Waals surface area contributed by atoms with Crippen LogP contribution < -0.4 is 9.47 Å². The standard InChI is InChI=1S/C21H23N3O4/c1-27-18-7-3-2-6-15(18)16-8-9-19-17(22-16)12-24(21(26)14-28-19)13-20(25)23-10-4-5-11-23/h2-3,6-9H,4-5,10-14H2,1H3. The van der Waals surface area contributed by atoms with E-state index in [4.69, 9.17) is 14.5 Å². The number of fused-ring (bicyclic) bond motifs is 1. The van der Waals surface area contributed by atoms with E-state index >= 15 is 0 Å². The van der Waals surface area contributed by atoms with E-state index in [0.29, 0.717) is 11.4 Å². The molecule has 0 unspecified atom stereocenters. The second-order valence-corrected chi connectivity index (χ2v) is 6.97. The van der Waals surface area contributed by atoms with Crippen LogP contribution in [0.1, 0.15) is 18.5 Å². The number of rotatable bonds is 4. The van der Waals surface area contributed by atoms with Crippen LogP contribution in [-0.2, 0) is 16.1 Å². The third kappa shape index (κ3) is 3.65. The SMILES string of the molecule is COc1ccccc1-c1ccc2c(n1)CN(CC(=O)N1CCCC1)C(=O)CO2. The van der Waals surface area contributed by atoms with Gasteiger partial charge in [-0.3, -0.25) is 9.59 Å². The molecule has 2 amide bonds. The molecule has 2 aromatic rings. The van der Waals surface area contributed by atoms with Crippen LogP contribution in [0.15, 0.2) is 36.4 Å². The maximum absolute atomic E-state index is 12.5. The highest BCUT2D eigenvalue weighted by atomic mass is 16.5. The predicted molar refractivity (Wildman–Crippen MR) is 103 cm³/mol. The first-order chi connectivity index (χ1) is 13.7. The largest absolute Gasteiger partial charge is 0.496 e. The molecule has 1 aromatic carbocycles. The van der Waals surface area contributed by atoms with Crippen LogP contribution in [-0.4, -0.2) is 59.9 Å². The maximum atomic E-state index is 12.5. The molecule has 1 saturated heterocycles. The van der Waals surface area contributed by atoms with E-state index in [1.807, 2.05) is 41.3 Å². The van der Waals surface area contributed by atoms with Gasteiger partial charge in [0.1, 0.15) is 23.7 Å². The van der Waals surface area contributed by atoms with Crippen LogP contribution in [0.25, 0.3) is 11.3 Å². The van der Waals surface area contributed by atoms with Crippen molar-refractivity contribution in [3.63, 3.8) is 0 Å². The zero-order chi connectivity index (χ0) is 19.5. The molecule has 3 heterocycles. The first-order valence-corrected chi connectivity index (χ1v) is 9.47. The molecule has 0 N–H and O–H groups in total. The second kappa shape index (κ2) is 7.88. The lowest BCUT2D eigenvalue weighted by Crippen LogP contribution is -2.42. The average Bonchev–Trinajstić information content (AvgIpc) is 3.22. The number of nitrogens with zero attached hydrogens (tertiary/aromatic N) is 3. The first kappa shape index (κ1) is 18.3. The second-order valence-electron chi connectivity index (χ2n) is 6.97. The van der Waals surface area contributed by atoms with E-state index in [0.717, 1.165) is 42.9 Å². The molecule has 146 valence electrons. The molecule has 0 spiro atoms. The Hall–Kier alpha value is -3.09. The fourth-order valence-corrected chi connectivity index (χ4v) is 3.61. The summed E-state index contributed by atoms with van der Waals surface area (Å²) in [6, 6.07) is 11.3. The number of benzene rings is 1. The van der Waals surface area contributed by atoms with Gasteiger partial charge in [-0.05, 0) is 37.1 Å². The van der Waals surface area contributed by atoms with Crippen molar-refractivity contribution in [2.24, 2.45) is 0 Å². The molecule has 7 nitrogen and oxygen atoms in total. The third-order valence-electron chi connectivity index (χ3n) is 5.14. The van der Waals surface area contributed by atoms with Gasteiger partial charge in [-0.1, -0.05) is 12.1 Å². The minimum atomic E-state index is -0.204. The van der Waals surface area contributed by atoms with Gasteiger partial charge in [-0.2, -0.15) is 0 Å². The van der Waals surface area contributed by atoms with Crippen LogP contribution in [0.4, 0.5) is 0 Å². The number of hydrogen-bond acceptors (Lipinski definition) is 5. The van der Waals surface area contributed by atoms with E-state index in [-0.39, 0.29) is 31.5 Å². The van der Waals surface area contributed by atoms with Crippen molar-refractivity contribution >= 4 is 11.8 Å². The number of carbonyl (C=O) groups excluding carboxylic acids is 2. The molecule has 1 fully saturated rings. The van der Waals surface area contributed by atoms with Crippen LogP contribution >= 0.6 is 0 Å². The van der Waals surface area contributed by atoms with Crippen molar-refractivity contribution < 1.29 is 19.1 Å². The van der Waals surface area contributed by atoms with E-state index in [1.165, 1.54) is 4.90 Å². The Labute approximate surface area is 163 Å². The van der Waals surface area contributed by atoms with E-state index in [2.05, 4.69) is 0 Å². The van der Waals surface area contributed by atoms with Gasteiger partial charge in [0.15, 0.2) is 6.61 Å². The summed E-state index contributed by atoms with van der Waals surface area (Å²) in [5.41, 5.74) is 2.24. The number of amides is 2. The van der Waals surface area contributed by atoms with Crippen molar-refractivity contribution in [3.05, 3.63) is 42.1 Å². The molecule has 4 rings (SSSR count). The monoisotopic (exact) mass is 381 g/mol. The third-order valence-corrected chi connectivity index (χ3v) is 5.14. The molecule has 0 bridgehead atoms. The summed E-state index contributed by atoms with van der Waals surface area (Å²) in [5.74, 6) is 1.07. The van der Waals surface area contributed by atoms with E-state index in [9.17, 15) is 9.59 Å². The number of methoxy groups -OCH3 is 1. The summed E-state index contributed by atoms with van der Waals surface area (Å²) >= 11 is 0. The molecule has 0 saturated carbocycles. The highest BCUT2D eigenvalue weighted by Crippen LogP contribution is 2.31. The van der Waals surface area contributed by atoms with E-state index < -0.39 is 0 Å². The smallest absolute Gasteiger partial charge is 0.261 e. The molecule has 7 heteroatoms. The molecule has 0 radical (unpaired) electrons. The Balaban J connectivity index is 1.59. The van der Waals surface area contributed by atoms with Crippen molar-refractivity contribution in [2.45, 2.75) is 19.4 Å². The first-order valence-electron chi connectivity index (χ1n) is 9.47. The Morgan fingerprint density at radius 2 is 1.96 bits per heavy atom. The lowest BCUT2D eigenvalue weighted by atomic mass is 10.1. The Morgan fingerprint density at radius 1 is 1.18 bits per heavy atom. The minimum absolute atomic E-state index is 0.0183. The number of para-hydroxylation sites is 1. The lowest BCUT2D eigenvalue weighted by molar-refractivity contribution is -0.141. The zero-order valence-electron chi connectivity index (χ0n) is 15.9. The highest BCUT2D eigenvalue weighted by molar-refractivity contribution is 5.86. The summed E-state index contributed by atoms with van der Waals surface area (Å²) < 4.78 is 11.1. The topological polar surface area (TPSA) is 72.0 Å². The molecular formula is C21H23N3O4. The summed E-state index contributed by atoms with van der Waals surface area (Å²) in [5, 5.41) is 0. The van der Waals surface area contributed by atoms with Gasteiger partial charge in [-0.25, -0.2) is 4.98 Å². The van der Waals surface area contributed by atoms with Gasteiger partial charge in [0, 0.05) is 18.7 Å². The molecule has 28 heavy (non-hydrogen) atoms. The van der Waals surface area contributed by atoms with Gasteiger partial charge in [0.2, 0.25) is 5.91 Å². The van der Waals surface area contributed by atoms with Crippen LogP contribution in [0.2, 0.25) is 0 Å². The van der Waals surface area contributed by atoms with Crippen LogP contribution in [0.5, 0.6) is 11.5 Å². The zero-order valence-corrected chi connectivity index (χ0v) is 15.9. The van der Waals surface area contributed by atoms with Gasteiger partial charge < -0.3 is 19.3 Å². The van der Waals surface area contributed by atoms with Crippen molar-refractivity contribution in [3.8, 4) is 22.8 Å². The number of ether oxygens (including phenoxy) is 2. The normalized spacial score (nSPS) is 16.4. The molecule has 2 aliphatic rings. The molecule has 0 aliphatic carbocycles. The number of carbonyl (C=O) groups is 2. The Kier molecular flexibility index (Phi) is 5.14. The molecule has 1 aromatic heterocycles. The highest BCUT2D eigenvalue weighted by Gasteiger charge is 2.27. The van der Waals surface area contributed by atoms with Gasteiger partial charge in [-0.15, -0.1) is 0 Å². The van der Waals surface area contributed by atoms with Gasteiger partial charge >= 0.3 is 0 Å². The quantitative estimate of drug-likeness (QED) is 0.811. The Morgan fingerprint density at radius 3 is 2.75 bits per heavy atom. The lowest BCUT2D eigenvalue weighted by Gasteiger charge is -2.23. The van der Waals surface area contributed by atoms with E-state index in [1.54, 1.807) is 7.11 Å². The van der Waals surface area contributed by atoms with Crippen LogP contribution in [0.3, 0.4) is 0 Å². The number of likely N-dealkylation sites (tertiary alicyclic amines) is 1. The van der Waals surface area contributed by atoms with Gasteiger partial charge in [0.05, 0.1) is 19.3 Å². The summed E-state index contributed by atoms with van der Waals surface area (Å²) in [4.78, 5) is 33.0. The molecular weight excluding hydrogens is 358 g/mol. The van der Waals surface area contributed by atoms with Crippen LogP contribution in [0, 0.1) is 0 Å². The summed E-state index contributed by atoms with van der Waals surface area (Å²) in [6.07, 6.45) is 2.05. The van der Waals surface area contributed by atoms with Crippen molar-refractivity contribution in [1.29, 1.82) is 0 Å². The predicted octanol–water partition coefficient (Wildman–Crippen LogP) is 2.10. The van der Waals surface area contributed by atoms with Gasteiger partial charge in [0.25, 0.3) is 5.91 Å².